The molecule has 71 valence electrons. The summed E-state index contributed by atoms with van der Waals surface area (Å²) in [5.74, 6) is 0. The van der Waals surface area contributed by atoms with Gasteiger partial charge in [-0.1, -0.05) is 17.8 Å². The highest BCUT2D eigenvalue weighted by Crippen LogP contribution is 2.25. The number of aromatic nitrogens is 4. The molecule has 14 heavy (non-hydrogen) atoms. The van der Waals surface area contributed by atoms with E-state index in [9.17, 15) is 0 Å². The van der Waals surface area contributed by atoms with Gasteiger partial charge in [-0.25, -0.2) is 4.98 Å². The van der Waals surface area contributed by atoms with Crippen LogP contribution in [0.1, 0.15) is 24.1 Å². The van der Waals surface area contributed by atoms with Crippen LogP contribution >= 0.6 is 12.6 Å². The Labute approximate surface area is 86.8 Å². The second-order valence-electron chi connectivity index (χ2n) is 3.55. The first-order valence-corrected chi connectivity index (χ1v) is 5.16. The van der Waals surface area contributed by atoms with Gasteiger partial charge in [-0.3, -0.25) is 0 Å². The van der Waals surface area contributed by atoms with Crippen LogP contribution in [0.4, 0.5) is 0 Å². The molecular weight excluding hydrogens is 196 g/mol. The van der Waals surface area contributed by atoms with E-state index < -0.39 is 0 Å². The summed E-state index contributed by atoms with van der Waals surface area (Å²) in [6.07, 6.45) is 6.16. The Morgan fingerprint density at radius 2 is 2.14 bits per heavy atom. The van der Waals surface area contributed by atoms with Gasteiger partial charge >= 0.3 is 0 Å². The Kier molecular flexibility index (Phi) is 1.67. The molecule has 0 unspecified atom stereocenters. The van der Waals surface area contributed by atoms with E-state index in [1.54, 1.807) is 10.7 Å². The van der Waals surface area contributed by atoms with Crippen molar-refractivity contribution in [2.45, 2.75) is 30.7 Å². The molecule has 3 rings (SSSR count). The van der Waals surface area contributed by atoms with E-state index in [0.717, 1.165) is 29.2 Å². The molecule has 0 aromatic carbocycles. The maximum absolute atomic E-state index is 5.35. The summed E-state index contributed by atoms with van der Waals surface area (Å²) in [5, 5.41) is 8.54. The van der Waals surface area contributed by atoms with E-state index in [1.165, 1.54) is 18.4 Å². The molecule has 0 amide bonds. The fourth-order valence-electron chi connectivity index (χ4n) is 1.96. The minimum absolute atomic E-state index is 0.774. The molecule has 4 nitrogen and oxygen atoms in total. The third kappa shape index (κ3) is 1.02. The molecule has 0 spiro atoms. The number of rotatable bonds is 0. The van der Waals surface area contributed by atoms with Crippen LogP contribution in [-0.4, -0.2) is 19.8 Å². The van der Waals surface area contributed by atoms with E-state index in [4.69, 9.17) is 12.6 Å². The Bertz CT molecular complexity index is 491. The number of nitrogens with zero attached hydrogens (tertiary/aromatic N) is 4. The van der Waals surface area contributed by atoms with Gasteiger partial charge in [0, 0.05) is 11.3 Å². The minimum Gasteiger partial charge on any atom is -0.232 e. The second-order valence-corrected chi connectivity index (χ2v) is 3.94. The van der Waals surface area contributed by atoms with Crippen molar-refractivity contribution in [1.29, 1.82) is 0 Å². The average Bonchev–Trinajstić information content (AvgIpc) is 2.66. The Morgan fingerprint density at radius 3 is 3.07 bits per heavy atom. The average molecular weight is 205 g/mol. The zero-order chi connectivity index (χ0) is 9.54. The molecule has 1 aliphatic rings. The molecular formula is C9H9N4S. The van der Waals surface area contributed by atoms with Crippen LogP contribution in [-0.2, 0) is 12.8 Å². The fourth-order valence-corrected chi connectivity index (χ4v) is 2.31. The standard InChI is InChI=1S/C9H9N4S/c14-9-6-3-1-2-4-7(6)11-8-5-10-12-13(8)9/h5H,1-4H2. The molecule has 0 aliphatic heterocycles. The lowest BCUT2D eigenvalue weighted by Crippen LogP contribution is -2.10. The Morgan fingerprint density at radius 1 is 1.29 bits per heavy atom. The zero-order valence-electron chi connectivity index (χ0n) is 7.60. The summed E-state index contributed by atoms with van der Waals surface area (Å²) in [6.45, 7) is 0. The maximum Gasteiger partial charge on any atom is 0.177 e. The van der Waals surface area contributed by atoms with E-state index in [-0.39, 0.29) is 0 Å². The van der Waals surface area contributed by atoms with Gasteiger partial charge in [0.2, 0.25) is 0 Å². The molecule has 1 aliphatic carbocycles. The monoisotopic (exact) mass is 205 g/mol. The number of hydrogen-bond acceptors (Lipinski definition) is 3. The van der Waals surface area contributed by atoms with Crippen molar-refractivity contribution < 1.29 is 0 Å². The van der Waals surface area contributed by atoms with Crippen molar-refractivity contribution in [1.82, 2.24) is 19.8 Å². The molecule has 0 saturated carbocycles. The molecule has 0 N–H and O–H groups in total. The van der Waals surface area contributed by atoms with E-state index >= 15 is 0 Å². The van der Waals surface area contributed by atoms with Crippen LogP contribution in [0.2, 0.25) is 0 Å². The third-order valence-corrected chi connectivity index (χ3v) is 3.09. The van der Waals surface area contributed by atoms with Gasteiger partial charge in [0.05, 0.1) is 6.20 Å². The largest absolute Gasteiger partial charge is 0.232 e. The van der Waals surface area contributed by atoms with E-state index in [1.807, 2.05) is 0 Å². The summed E-state index contributed by atoms with van der Waals surface area (Å²) >= 11 is 5.35. The lowest BCUT2D eigenvalue weighted by Gasteiger charge is -2.15. The highest BCUT2D eigenvalue weighted by atomic mass is 32.1. The molecule has 0 atom stereocenters. The molecule has 1 radical (unpaired) electrons. The van der Waals surface area contributed by atoms with E-state index in [0.29, 0.717) is 0 Å². The first kappa shape index (κ1) is 8.11. The topological polar surface area (TPSA) is 43.1 Å². The minimum atomic E-state index is 0.774. The van der Waals surface area contributed by atoms with Crippen LogP contribution in [0.15, 0.2) is 11.2 Å². The van der Waals surface area contributed by atoms with Crippen LogP contribution in [0.25, 0.3) is 5.65 Å². The zero-order valence-corrected chi connectivity index (χ0v) is 8.42. The summed E-state index contributed by atoms with van der Waals surface area (Å²) in [4.78, 5) is 4.51. The van der Waals surface area contributed by atoms with Crippen molar-refractivity contribution in [2.24, 2.45) is 0 Å². The summed E-state index contributed by atoms with van der Waals surface area (Å²) < 4.78 is 1.65. The number of aryl methyl sites for hydroxylation is 1. The Balaban J connectivity index is 2.36. The first-order valence-electron chi connectivity index (χ1n) is 4.75. The first-order chi connectivity index (χ1) is 6.86. The summed E-state index contributed by atoms with van der Waals surface area (Å²) in [7, 11) is 0. The molecule has 0 bridgehead atoms. The highest BCUT2D eigenvalue weighted by molar-refractivity contribution is 7.80. The summed E-state index contributed by atoms with van der Waals surface area (Å²) in [5.41, 5.74) is 3.12. The van der Waals surface area contributed by atoms with Crippen molar-refractivity contribution in [3.05, 3.63) is 17.5 Å². The molecule has 0 fully saturated rings. The molecule has 2 aromatic rings. The number of hydrogen-bond donors (Lipinski definition) is 0. The molecule has 2 aromatic heterocycles. The lowest BCUT2D eigenvalue weighted by atomic mass is 9.97. The van der Waals surface area contributed by atoms with Gasteiger partial charge in [-0.05, 0) is 25.7 Å². The normalized spacial score (nSPS) is 15.7. The van der Waals surface area contributed by atoms with Crippen LogP contribution in [0.5, 0.6) is 0 Å². The summed E-state index contributed by atoms with van der Waals surface area (Å²) in [6, 6.07) is 0. The van der Waals surface area contributed by atoms with Crippen LogP contribution in [0, 0.1) is 0 Å². The van der Waals surface area contributed by atoms with Crippen molar-refractivity contribution in [3.8, 4) is 0 Å². The predicted molar refractivity (Wildman–Crippen MR) is 53.3 cm³/mol. The highest BCUT2D eigenvalue weighted by Gasteiger charge is 2.17. The fraction of sp³-hybridized carbons (Fsp3) is 0.444. The second kappa shape index (κ2) is 2.88. The molecule has 2 heterocycles. The lowest BCUT2D eigenvalue weighted by molar-refractivity contribution is 0.632. The van der Waals surface area contributed by atoms with Crippen LogP contribution < -0.4 is 0 Å². The van der Waals surface area contributed by atoms with Gasteiger partial charge in [-0.2, -0.15) is 4.52 Å². The SMILES string of the molecule is [S]c1c2c(nc3cnnn13)CCCC2. The predicted octanol–water partition coefficient (Wildman–Crippen LogP) is 1.56. The quantitative estimate of drug-likeness (QED) is 0.613. The van der Waals surface area contributed by atoms with Gasteiger partial charge < -0.3 is 0 Å². The molecule has 5 heteroatoms. The van der Waals surface area contributed by atoms with Crippen molar-refractivity contribution in [3.63, 3.8) is 0 Å². The maximum atomic E-state index is 5.35. The van der Waals surface area contributed by atoms with Gasteiger partial charge in [0.15, 0.2) is 5.65 Å². The van der Waals surface area contributed by atoms with Crippen molar-refractivity contribution in [2.75, 3.05) is 0 Å². The number of fused-ring (bicyclic) bond motifs is 2. The third-order valence-electron chi connectivity index (χ3n) is 2.67. The Hall–Kier alpha value is -1.23. The van der Waals surface area contributed by atoms with E-state index in [2.05, 4.69) is 15.3 Å². The van der Waals surface area contributed by atoms with Crippen LogP contribution in [0.3, 0.4) is 0 Å². The van der Waals surface area contributed by atoms with Gasteiger partial charge in [0.25, 0.3) is 0 Å². The molecule has 0 saturated heterocycles. The van der Waals surface area contributed by atoms with Crippen molar-refractivity contribution >= 4 is 18.3 Å². The van der Waals surface area contributed by atoms with Gasteiger partial charge in [-0.15, -0.1) is 5.10 Å². The van der Waals surface area contributed by atoms with Gasteiger partial charge in [0.1, 0.15) is 5.03 Å². The smallest absolute Gasteiger partial charge is 0.177 e.